The van der Waals surface area contributed by atoms with Crippen molar-refractivity contribution in [1.29, 1.82) is 0 Å². The molecule has 0 bridgehead atoms. The van der Waals surface area contributed by atoms with E-state index >= 15 is 0 Å². The van der Waals surface area contributed by atoms with E-state index in [0.717, 1.165) is 0 Å². The summed E-state index contributed by atoms with van der Waals surface area (Å²) in [6.45, 7) is 0. The van der Waals surface area contributed by atoms with Crippen LogP contribution in [-0.2, 0) is 0 Å². The minimum Gasteiger partial charge on any atom is -0.481 e. The summed E-state index contributed by atoms with van der Waals surface area (Å²) < 4.78 is 4.80. The van der Waals surface area contributed by atoms with E-state index in [0.29, 0.717) is 5.88 Å². The van der Waals surface area contributed by atoms with Crippen LogP contribution in [0.4, 0.5) is 0 Å². The van der Waals surface area contributed by atoms with E-state index in [2.05, 4.69) is 10.3 Å². The van der Waals surface area contributed by atoms with Gasteiger partial charge in [0.15, 0.2) is 0 Å². The molecular formula is C8H14N2O. The fourth-order valence-electron chi connectivity index (χ4n) is 0.468. The minimum atomic E-state index is 0.660. The quantitative estimate of drug-likeness (QED) is 0.653. The summed E-state index contributed by atoms with van der Waals surface area (Å²) in [6.07, 6.45) is 1.69. The molecule has 1 rings (SSSR count). The van der Waals surface area contributed by atoms with Gasteiger partial charge in [-0.1, -0.05) is 6.07 Å². The van der Waals surface area contributed by atoms with Gasteiger partial charge in [-0.15, -0.1) is 0 Å². The molecule has 11 heavy (non-hydrogen) atoms. The van der Waals surface area contributed by atoms with Crippen LogP contribution >= 0.6 is 0 Å². The highest BCUT2D eigenvalue weighted by Gasteiger charge is 1.82. The molecule has 0 radical (unpaired) electrons. The van der Waals surface area contributed by atoms with Crippen LogP contribution < -0.4 is 10.1 Å². The number of hydrogen-bond acceptors (Lipinski definition) is 3. The van der Waals surface area contributed by atoms with Crippen LogP contribution in [0, 0.1) is 0 Å². The summed E-state index contributed by atoms with van der Waals surface area (Å²) in [5.74, 6) is 0.660. The lowest BCUT2D eigenvalue weighted by Gasteiger charge is -1.92. The zero-order valence-electron chi connectivity index (χ0n) is 7.16. The highest BCUT2D eigenvalue weighted by Crippen LogP contribution is 1.99. The summed E-state index contributed by atoms with van der Waals surface area (Å²) in [4.78, 5) is 3.88. The van der Waals surface area contributed by atoms with Gasteiger partial charge in [-0.2, -0.15) is 0 Å². The predicted octanol–water partition coefficient (Wildman–Crippen LogP) is 0.926. The molecule has 0 saturated carbocycles. The third-order valence-electron chi connectivity index (χ3n) is 0.847. The molecular weight excluding hydrogens is 140 g/mol. The molecule has 1 aromatic heterocycles. The third kappa shape index (κ3) is 5.36. The van der Waals surface area contributed by atoms with Crippen LogP contribution in [-0.4, -0.2) is 26.2 Å². The first-order chi connectivity index (χ1) is 5.35. The van der Waals surface area contributed by atoms with Crippen molar-refractivity contribution < 1.29 is 4.74 Å². The van der Waals surface area contributed by atoms with Crippen molar-refractivity contribution in [3.63, 3.8) is 0 Å². The molecule has 3 nitrogen and oxygen atoms in total. The van der Waals surface area contributed by atoms with Crippen molar-refractivity contribution in [2.24, 2.45) is 0 Å². The van der Waals surface area contributed by atoms with E-state index in [1.54, 1.807) is 19.4 Å². The number of aromatic nitrogens is 1. The van der Waals surface area contributed by atoms with Crippen LogP contribution in [0.3, 0.4) is 0 Å². The zero-order chi connectivity index (χ0) is 8.53. The Bertz CT molecular complexity index is 165. The Morgan fingerprint density at radius 2 is 2.00 bits per heavy atom. The van der Waals surface area contributed by atoms with Crippen molar-refractivity contribution in [2.75, 3.05) is 21.2 Å². The number of rotatable bonds is 1. The van der Waals surface area contributed by atoms with Crippen LogP contribution in [0.1, 0.15) is 0 Å². The first-order valence-corrected chi connectivity index (χ1v) is 3.38. The van der Waals surface area contributed by atoms with Crippen LogP contribution in [0.2, 0.25) is 0 Å². The van der Waals surface area contributed by atoms with Gasteiger partial charge in [0.2, 0.25) is 5.88 Å². The maximum absolute atomic E-state index is 4.80. The number of hydrogen-bond donors (Lipinski definition) is 1. The van der Waals surface area contributed by atoms with E-state index in [-0.39, 0.29) is 0 Å². The smallest absolute Gasteiger partial charge is 0.212 e. The van der Waals surface area contributed by atoms with E-state index in [4.69, 9.17) is 4.74 Å². The van der Waals surface area contributed by atoms with Crippen LogP contribution in [0.15, 0.2) is 24.4 Å². The maximum Gasteiger partial charge on any atom is 0.212 e. The van der Waals surface area contributed by atoms with Gasteiger partial charge < -0.3 is 10.1 Å². The maximum atomic E-state index is 4.80. The highest BCUT2D eigenvalue weighted by molar-refractivity contribution is 5.08. The molecule has 0 aliphatic rings. The molecule has 0 fully saturated rings. The molecule has 1 heterocycles. The second kappa shape index (κ2) is 7.02. The summed E-state index contributed by atoms with van der Waals surface area (Å²) >= 11 is 0. The number of nitrogens with one attached hydrogen (secondary N) is 1. The summed E-state index contributed by atoms with van der Waals surface area (Å²) in [5, 5.41) is 2.75. The monoisotopic (exact) mass is 154 g/mol. The third-order valence-corrected chi connectivity index (χ3v) is 0.847. The second-order valence-electron chi connectivity index (χ2n) is 1.87. The number of nitrogens with zero attached hydrogens (tertiary/aromatic N) is 1. The van der Waals surface area contributed by atoms with E-state index in [1.807, 2.05) is 26.2 Å². The number of ether oxygens (including phenoxy) is 1. The molecule has 1 aromatic rings. The van der Waals surface area contributed by atoms with E-state index < -0.39 is 0 Å². The van der Waals surface area contributed by atoms with Crippen molar-refractivity contribution in [3.8, 4) is 5.88 Å². The molecule has 0 atom stereocenters. The van der Waals surface area contributed by atoms with Gasteiger partial charge >= 0.3 is 0 Å². The molecule has 0 unspecified atom stereocenters. The fraction of sp³-hybridized carbons (Fsp3) is 0.375. The number of pyridine rings is 1. The Kier molecular flexibility index (Phi) is 6.33. The minimum absolute atomic E-state index is 0.660. The van der Waals surface area contributed by atoms with Gasteiger partial charge in [-0.25, -0.2) is 4.98 Å². The SMILES string of the molecule is CNC.COc1ccccn1. The Morgan fingerprint density at radius 1 is 1.36 bits per heavy atom. The fourth-order valence-corrected chi connectivity index (χ4v) is 0.468. The molecule has 1 N–H and O–H groups in total. The first kappa shape index (κ1) is 9.91. The lowest BCUT2D eigenvalue weighted by atomic mass is 10.5. The van der Waals surface area contributed by atoms with Gasteiger partial charge in [-0.3, -0.25) is 0 Å². The molecule has 0 amide bonds. The summed E-state index contributed by atoms with van der Waals surface area (Å²) in [6, 6.07) is 5.54. The molecule has 0 saturated heterocycles. The van der Waals surface area contributed by atoms with Crippen LogP contribution in [0.25, 0.3) is 0 Å². The Hall–Kier alpha value is -1.09. The summed E-state index contributed by atoms with van der Waals surface area (Å²) in [7, 11) is 5.35. The molecule has 0 spiro atoms. The van der Waals surface area contributed by atoms with Gasteiger partial charge in [0.1, 0.15) is 0 Å². The largest absolute Gasteiger partial charge is 0.481 e. The number of methoxy groups -OCH3 is 1. The van der Waals surface area contributed by atoms with Gasteiger partial charge in [0.25, 0.3) is 0 Å². The molecule has 0 aliphatic heterocycles. The Balaban J connectivity index is 0.000000292. The van der Waals surface area contributed by atoms with Crippen LogP contribution in [0.5, 0.6) is 5.88 Å². The average molecular weight is 154 g/mol. The van der Waals surface area contributed by atoms with Crippen molar-refractivity contribution in [2.45, 2.75) is 0 Å². The predicted molar refractivity (Wildman–Crippen MR) is 45.8 cm³/mol. The first-order valence-electron chi connectivity index (χ1n) is 3.38. The van der Waals surface area contributed by atoms with E-state index in [9.17, 15) is 0 Å². The van der Waals surface area contributed by atoms with Crippen molar-refractivity contribution in [3.05, 3.63) is 24.4 Å². The summed E-state index contributed by atoms with van der Waals surface area (Å²) in [5.41, 5.74) is 0. The highest BCUT2D eigenvalue weighted by atomic mass is 16.5. The van der Waals surface area contributed by atoms with Gasteiger partial charge in [0.05, 0.1) is 7.11 Å². The van der Waals surface area contributed by atoms with Crippen molar-refractivity contribution in [1.82, 2.24) is 10.3 Å². The second-order valence-corrected chi connectivity index (χ2v) is 1.87. The van der Waals surface area contributed by atoms with Gasteiger partial charge in [0, 0.05) is 12.3 Å². The normalized spacial score (nSPS) is 7.91. The average Bonchev–Trinajstić information content (AvgIpc) is 2.08. The standard InChI is InChI=1S/C6H7NO.C2H7N/c1-8-6-4-2-3-5-7-6;1-3-2/h2-5H,1H3;3H,1-2H3. The lowest BCUT2D eigenvalue weighted by Crippen LogP contribution is -1.89. The van der Waals surface area contributed by atoms with Gasteiger partial charge in [-0.05, 0) is 20.2 Å². The zero-order valence-corrected chi connectivity index (χ0v) is 7.16. The van der Waals surface area contributed by atoms with E-state index in [1.165, 1.54) is 0 Å². The topological polar surface area (TPSA) is 34.1 Å². The van der Waals surface area contributed by atoms with Crippen molar-refractivity contribution >= 4 is 0 Å². The lowest BCUT2D eigenvalue weighted by molar-refractivity contribution is 0.398. The molecule has 0 aromatic carbocycles. The Morgan fingerprint density at radius 3 is 2.27 bits per heavy atom. The molecule has 0 aliphatic carbocycles. The molecule has 62 valence electrons. The molecule has 3 heteroatoms. The Labute approximate surface area is 67.4 Å².